The molecule has 1 heterocycles. The Morgan fingerprint density at radius 3 is 3.00 bits per heavy atom. The van der Waals surface area contributed by atoms with Gasteiger partial charge in [-0.05, 0) is 13.8 Å². The minimum absolute atomic E-state index is 0.0991. The molecule has 0 saturated carbocycles. The van der Waals surface area contributed by atoms with E-state index >= 15 is 0 Å². The van der Waals surface area contributed by atoms with Crippen LogP contribution in [-0.2, 0) is 9.53 Å². The lowest BCUT2D eigenvalue weighted by Crippen LogP contribution is -2.52. The van der Waals surface area contributed by atoms with Gasteiger partial charge in [-0.3, -0.25) is 4.79 Å². The lowest BCUT2D eigenvalue weighted by Gasteiger charge is -2.24. The first-order chi connectivity index (χ1) is 7.05. The van der Waals surface area contributed by atoms with Gasteiger partial charge in [0.25, 0.3) is 0 Å². The number of hydrogen-bond acceptors (Lipinski definition) is 4. The maximum Gasteiger partial charge on any atom is 0.239 e. The van der Waals surface area contributed by atoms with E-state index < -0.39 is 5.41 Å². The predicted octanol–water partition coefficient (Wildman–Crippen LogP) is -0.359. The zero-order valence-electron chi connectivity index (χ0n) is 9.17. The van der Waals surface area contributed by atoms with Gasteiger partial charge in [0.15, 0.2) is 0 Å². The highest BCUT2D eigenvalue weighted by Crippen LogP contribution is 2.10. The van der Waals surface area contributed by atoms with Gasteiger partial charge >= 0.3 is 0 Å². The second-order valence-corrected chi connectivity index (χ2v) is 4.30. The molecule has 1 amide bonds. The van der Waals surface area contributed by atoms with Crippen molar-refractivity contribution in [2.75, 3.05) is 26.3 Å². The second-order valence-electron chi connectivity index (χ2n) is 4.30. The van der Waals surface area contributed by atoms with Crippen LogP contribution in [0.2, 0.25) is 0 Å². The van der Waals surface area contributed by atoms with Crippen molar-refractivity contribution in [3.8, 4) is 6.07 Å². The van der Waals surface area contributed by atoms with Gasteiger partial charge < -0.3 is 15.4 Å². The summed E-state index contributed by atoms with van der Waals surface area (Å²) < 4.78 is 5.17. The van der Waals surface area contributed by atoms with Gasteiger partial charge in [-0.2, -0.15) is 5.26 Å². The molecule has 0 aromatic rings. The fourth-order valence-corrected chi connectivity index (χ4v) is 1.20. The number of rotatable bonds is 3. The molecular formula is C10H17N3O2. The number of nitrogens with one attached hydrogen (secondary N) is 2. The van der Waals surface area contributed by atoms with Crippen molar-refractivity contribution in [3.05, 3.63) is 0 Å². The van der Waals surface area contributed by atoms with Crippen LogP contribution in [0.3, 0.4) is 0 Å². The Morgan fingerprint density at radius 2 is 2.47 bits per heavy atom. The number of morpholine rings is 1. The highest BCUT2D eigenvalue weighted by atomic mass is 16.5. The molecule has 84 valence electrons. The highest BCUT2D eigenvalue weighted by Gasteiger charge is 2.23. The molecule has 1 atom stereocenters. The lowest BCUT2D eigenvalue weighted by molar-refractivity contribution is -0.126. The molecule has 15 heavy (non-hydrogen) atoms. The van der Waals surface area contributed by atoms with Crippen molar-refractivity contribution in [2.24, 2.45) is 5.41 Å². The van der Waals surface area contributed by atoms with Crippen LogP contribution in [0.15, 0.2) is 0 Å². The van der Waals surface area contributed by atoms with Crippen LogP contribution >= 0.6 is 0 Å². The third-order valence-electron chi connectivity index (χ3n) is 2.25. The zero-order valence-corrected chi connectivity index (χ0v) is 9.17. The molecule has 0 spiro atoms. The second kappa shape index (κ2) is 5.10. The first-order valence-corrected chi connectivity index (χ1v) is 5.05. The van der Waals surface area contributed by atoms with Gasteiger partial charge in [-0.1, -0.05) is 0 Å². The molecule has 0 aliphatic carbocycles. The molecule has 0 bridgehead atoms. The van der Waals surface area contributed by atoms with Gasteiger partial charge in [-0.25, -0.2) is 0 Å². The summed E-state index contributed by atoms with van der Waals surface area (Å²) in [5.41, 5.74) is -0.523. The third-order valence-corrected chi connectivity index (χ3v) is 2.25. The van der Waals surface area contributed by atoms with Crippen molar-refractivity contribution >= 4 is 5.91 Å². The molecule has 0 aromatic carbocycles. The first kappa shape index (κ1) is 12.0. The zero-order chi connectivity index (χ0) is 11.3. The van der Waals surface area contributed by atoms with Crippen molar-refractivity contribution in [1.82, 2.24) is 10.6 Å². The Bertz CT molecular complexity index is 264. The van der Waals surface area contributed by atoms with E-state index in [0.29, 0.717) is 26.3 Å². The van der Waals surface area contributed by atoms with Crippen molar-refractivity contribution in [1.29, 1.82) is 5.26 Å². The number of hydrogen-bond donors (Lipinski definition) is 2. The molecule has 1 aliphatic heterocycles. The Hall–Kier alpha value is -1.12. The minimum Gasteiger partial charge on any atom is -0.378 e. The molecule has 1 rings (SSSR count). The van der Waals surface area contributed by atoms with E-state index in [9.17, 15) is 4.79 Å². The number of amides is 1. The summed E-state index contributed by atoms with van der Waals surface area (Å²) in [5.74, 6) is -0.0991. The maximum absolute atomic E-state index is 11.6. The van der Waals surface area contributed by atoms with Crippen molar-refractivity contribution < 1.29 is 9.53 Å². The summed E-state index contributed by atoms with van der Waals surface area (Å²) in [5, 5.41) is 14.6. The van der Waals surface area contributed by atoms with E-state index in [4.69, 9.17) is 10.00 Å². The van der Waals surface area contributed by atoms with Gasteiger partial charge in [0.05, 0.1) is 24.7 Å². The normalized spacial score (nSPS) is 21.8. The van der Waals surface area contributed by atoms with Gasteiger partial charge in [0, 0.05) is 13.1 Å². The van der Waals surface area contributed by atoms with Crippen molar-refractivity contribution in [3.63, 3.8) is 0 Å². The number of ether oxygens (including phenoxy) is 1. The number of carbonyl (C=O) groups is 1. The third kappa shape index (κ3) is 3.86. The summed E-state index contributed by atoms with van der Waals surface area (Å²) >= 11 is 0. The fraction of sp³-hybridized carbons (Fsp3) is 0.800. The molecule has 5 heteroatoms. The standard InChI is InChI=1S/C10H17N3O2/c1-10(2,6-11)7-13-9(14)8-5-15-4-3-12-8/h8,12H,3-5,7H2,1-2H3,(H,13,14). The molecule has 2 N–H and O–H groups in total. The average Bonchev–Trinajstić information content (AvgIpc) is 2.27. The van der Waals surface area contributed by atoms with E-state index in [-0.39, 0.29) is 11.9 Å². The first-order valence-electron chi connectivity index (χ1n) is 5.05. The maximum atomic E-state index is 11.6. The summed E-state index contributed by atoms with van der Waals surface area (Å²) in [7, 11) is 0. The van der Waals surface area contributed by atoms with Crippen LogP contribution in [0.25, 0.3) is 0 Å². The molecule has 1 fully saturated rings. The number of nitrogens with zero attached hydrogens (tertiary/aromatic N) is 1. The van der Waals surface area contributed by atoms with E-state index in [1.54, 1.807) is 13.8 Å². The number of nitriles is 1. The Kier molecular flexibility index (Phi) is 4.06. The van der Waals surface area contributed by atoms with E-state index in [0.717, 1.165) is 0 Å². The Balaban J connectivity index is 2.32. The predicted molar refractivity (Wildman–Crippen MR) is 55.0 cm³/mol. The van der Waals surface area contributed by atoms with E-state index in [1.807, 2.05) is 0 Å². The molecule has 1 unspecified atom stereocenters. The molecule has 0 aromatic heterocycles. The monoisotopic (exact) mass is 211 g/mol. The molecular weight excluding hydrogens is 194 g/mol. The number of carbonyl (C=O) groups excluding carboxylic acids is 1. The van der Waals surface area contributed by atoms with Gasteiger partial charge in [-0.15, -0.1) is 0 Å². The summed E-state index contributed by atoms with van der Waals surface area (Å²) in [6.07, 6.45) is 0. The van der Waals surface area contributed by atoms with E-state index in [1.165, 1.54) is 0 Å². The molecule has 0 radical (unpaired) electrons. The molecule has 1 saturated heterocycles. The average molecular weight is 211 g/mol. The minimum atomic E-state index is -0.523. The lowest BCUT2D eigenvalue weighted by atomic mass is 9.96. The van der Waals surface area contributed by atoms with Gasteiger partial charge in [0.2, 0.25) is 5.91 Å². The molecule has 5 nitrogen and oxygen atoms in total. The van der Waals surface area contributed by atoms with E-state index in [2.05, 4.69) is 16.7 Å². The van der Waals surface area contributed by atoms with Crippen LogP contribution in [-0.4, -0.2) is 38.3 Å². The fourth-order valence-electron chi connectivity index (χ4n) is 1.20. The topological polar surface area (TPSA) is 74.2 Å². The smallest absolute Gasteiger partial charge is 0.239 e. The van der Waals surface area contributed by atoms with Crippen LogP contribution in [0, 0.1) is 16.7 Å². The van der Waals surface area contributed by atoms with Gasteiger partial charge in [0.1, 0.15) is 6.04 Å². The van der Waals surface area contributed by atoms with Crippen LogP contribution in [0.5, 0.6) is 0 Å². The summed E-state index contributed by atoms with van der Waals surface area (Å²) in [6.45, 7) is 5.68. The highest BCUT2D eigenvalue weighted by molar-refractivity contribution is 5.82. The Labute approximate surface area is 89.8 Å². The summed E-state index contributed by atoms with van der Waals surface area (Å²) in [4.78, 5) is 11.6. The quantitative estimate of drug-likeness (QED) is 0.668. The molecule has 1 aliphatic rings. The summed E-state index contributed by atoms with van der Waals surface area (Å²) in [6, 6.07) is 1.85. The van der Waals surface area contributed by atoms with Crippen LogP contribution in [0.1, 0.15) is 13.8 Å². The SMILES string of the molecule is CC(C)(C#N)CNC(=O)C1COCCN1. The largest absolute Gasteiger partial charge is 0.378 e. The Morgan fingerprint density at radius 1 is 1.73 bits per heavy atom. The van der Waals surface area contributed by atoms with Crippen molar-refractivity contribution in [2.45, 2.75) is 19.9 Å². The van der Waals surface area contributed by atoms with Crippen LogP contribution in [0.4, 0.5) is 0 Å². The van der Waals surface area contributed by atoms with Crippen LogP contribution < -0.4 is 10.6 Å².